The number of nitrogens with zero attached hydrogens (tertiary/aromatic N) is 3. The summed E-state index contributed by atoms with van der Waals surface area (Å²) in [6.45, 7) is 6.88. The van der Waals surface area contributed by atoms with Crippen molar-refractivity contribution in [1.29, 1.82) is 0 Å². The number of anilines is 3. The van der Waals surface area contributed by atoms with Crippen molar-refractivity contribution in [2.24, 2.45) is 0 Å². The van der Waals surface area contributed by atoms with Crippen molar-refractivity contribution in [1.82, 2.24) is 8.97 Å². The molecule has 12 rings (SSSR count). The maximum Gasteiger partial charge on any atom is 0.0641 e. The minimum atomic E-state index is 0.450. The normalized spacial score (nSPS) is 12.4. The highest BCUT2D eigenvalue weighted by molar-refractivity contribution is 6.27. The minimum Gasteiger partial charge on any atom is -0.310 e. The molecule has 0 saturated carbocycles. The molecule has 0 aliphatic carbocycles. The lowest BCUT2D eigenvalue weighted by Gasteiger charge is -2.28. The first kappa shape index (κ1) is 36.2. The molecule has 3 heterocycles. The third-order valence-corrected chi connectivity index (χ3v) is 13.5. The SMILES string of the molecule is CCC(C)c1ccccc1-c1cc(N(c2ccc(-c3cccc4c3c3ccccc3n4-c3ccccc3)cc2)c2ccc3c4ccccc4n4c5ccccc5c2c34)ccc1C. The summed E-state index contributed by atoms with van der Waals surface area (Å²) in [6, 6.07) is 74.1. The van der Waals surface area contributed by atoms with Crippen molar-refractivity contribution < 1.29 is 0 Å². The van der Waals surface area contributed by atoms with Crippen molar-refractivity contribution in [3.63, 3.8) is 0 Å². The lowest BCUT2D eigenvalue weighted by atomic mass is 9.88. The van der Waals surface area contributed by atoms with Crippen LogP contribution in [-0.2, 0) is 0 Å². The molecule has 0 amide bonds. The van der Waals surface area contributed by atoms with Gasteiger partial charge >= 0.3 is 0 Å². The molecule has 0 spiro atoms. The maximum absolute atomic E-state index is 2.50. The molecule has 296 valence electrons. The summed E-state index contributed by atoms with van der Waals surface area (Å²) in [5, 5.41) is 7.60. The van der Waals surface area contributed by atoms with Gasteiger partial charge in [0.05, 0.1) is 33.3 Å². The molecule has 3 heteroatoms. The predicted octanol–water partition coefficient (Wildman–Crippen LogP) is 16.6. The molecule has 1 unspecified atom stereocenters. The van der Waals surface area contributed by atoms with Crippen LogP contribution in [0.2, 0.25) is 0 Å². The average Bonchev–Trinajstić information content (AvgIpc) is 3.98. The fraction of sp³-hybridized carbons (Fsp3) is 0.0847. The van der Waals surface area contributed by atoms with E-state index in [1.54, 1.807) is 0 Å². The number of fused-ring (bicyclic) bond motifs is 9. The van der Waals surface area contributed by atoms with E-state index in [1.165, 1.54) is 93.3 Å². The molecule has 0 aliphatic heterocycles. The number of aryl methyl sites for hydroxylation is 1. The Morgan fingerprint density at radius 2 is 1.08 bits per heavy atom. The Labute approximate surface area is 361 Å². The van der Waals surface area contributed by atoms with Gasteiger partial charge in [0, 0.05) is 49.4 Å². The molecular formula is C59H45N3. The Kier molecular flexibility index (Phi) is 8.33. The fourth-order valence-electron chi connectivity index (χ4n) is 10.4. The highest BCUT2D eigenvalue weighted by atomic mass is 15.1. The van der Waals surface area contributed by atoms with E-state index < -0.39 is 0 Å². The van der Waals surface area contributed by atoms with Crippen molar-refractivity contribution >= 4 is 77.0 Å². The van der Waals surface area contributed by atoms with Crippen molar-refractivity contribution in [3.8, 4) is 27.9 Å². The van der Waals surface area contributed by atoms with E-state index >= 15 is 0 Å². The van der Waals surface area contributed by atoms with Gasteiger partial charge in [0.25, 0.3) is 0 Å². The number of aromatic nitrogens is 2. The zero-order valence-electron chi connectivity index (χ0n) is 35.2. The Hall–Kier alpha value is -7.62. The molecule has 0 bridgehead atoms. The molecular weight excluding hydrogens is 751 g/mol. The second-order valence-corrected chi connectivity index (χ2v) is 16.9. The molecule has 0 fully saturated rings. The number of hydrogen-bond donors (Lipinski definition) is 0. The van der Waals surface area contributed by atoms with E-state index in [4.69, 9.17) is 0 Å². The summed E-state index contributed by atoms with van der Waals surface area (Å²) >= 11 is 0. The first-order chi connectivity index (χ1) is 30.6. The minimum absolute atomic E-state index is 0.450. The lowest BCUT2D eigenvalue weighted by Crippen LogP contribution is -2.11. The fourth-order valence-corrected chi connectivity index (χ4v) is 10.4. The molecule has 1 atom stereocenters. The number of para-hydroxylation sites is 4. The molecule has 12 aromatic rings. The van der Waals surface area contributed by atoms with Crippen LogP contribution in [0.25, 0.3) is 87.8 Å². The van der Waals surface area contributed by atoms with E-state index in [0.29, 0.717) is 5.92 Å². The summed E-state index contributed by atoms with van der Waals surface area (Å²) in [7, 11) is 0. The van der Waals surface area contributed by atoms with Gasteiger partial charge in [-0.1, -0.05) is 147 Å². The molecule has 0 radical (unpaired) electrons. The van der Waals surface area contributed by atoms with Crippen LogP contribution < -0.4 is 4.90 Å². The zero-order valence-corrected chi connectivity index (χ0v) is 35.2. The Balaban J connectivity index is 1.10. The van der Waals surface area contributed by atoms with Crippen LogP contribution in [0.15, 0.2) is 200 Å². The van der Waals surface area contributed by atoms with E-state index in [1.807, 2.05) is 0 Å². The van der Waals surface area contributed by atoms with Crippen LogP contribution >= 0.6 is 0 Å². The summed E-state index contributed by atoms with van der Waals surface area (Å²) in [4.78, 5) is 2.50. The van der Waals surface area contributed by atoms with Crippen molar-refractivity contribution in [2.45, 2.75) is 33.1 Å². The average molecular weight is 796 g/mol. The second-order valence-electron chi connectivity index (χ2n) is 16.9. The van der Waals surface area contributed by atoms with Gasteiger partial charge in [-0.15, -0.1) is 0 Å². The van der Waals surface area contributed by atoms with Gasteiger partial charge in [0.1, 0.15) is 0 Å². The van der Waals surface area contributed by atoms with Crippen LogP contribution in [0, 0.1) is 6.92 Å². The number of hydrogen-bond acceptors (Lipinski definition) is 1. The van der Waals surface area contributed by atoms with Crippen LogP contribution in [-0.4, -0.2) is 8.97 Å². The quantitative estimate of drug-likeness (QED) is 0.149. The monoisotopic (exact) mass is 795 g/mol. The molecule has 3 aromatic heterocycles. The molecule has 0 saturated heterocycles. The first-order valence-corrected chi connectivity index (χ1v) is 21.9. The lowest BCUT2D eigenvalue weighted by molar-refractivity contribution is 0.735. The standard InChI is InChI=1S/C59H45N3/c1-4-38(2)44-19-8-9-20-46(44)51-37-43(32-29-39(51)3)60(56-36-35-48-47-21-10-13-25-52(47)62-54-27-15-12-23-50(54)58(56)59(48)62)42-33-30-40(31-34-42)45-24-16-28-55-57(45)49-22-11-14-26-53(49)61(55)41-17-6-5-7-18-41/h5-38H,4H2,1-3H3. The number of rotatable bonds is 8. The van der Waals surface area contributed by atoms with Gasteiger partial charge < -0.3 is 13.9 Å². The first-order valence-electron chi connectivity index (χ1n) is 21.9. The van der Waals surface area contributed by atoms with Crippen LogP contribution in [0.3, 0.4) is 0 Å². The van der Waals surface area contributed by atoms with E-state index in [-0.39, 0.29) is 0 Å². The highest BCUT2D eigenvalue weighted by Crippen LogP contribution is 2.49. The smallest absolute Gasteiger partial charge is 0.0641 e. The van der Waals surface area contributed by atoms with Crippen molar-refractivity contribution in [2.75, 3.05) is 4.90 Å². The van der Waals surface area contributed by atoms with Gasteiger partial charge in [0.15, 0.2) is 0 Å². The van der Waals surface area contributed by atoms with Gasteiger partial charge in [-0.25, -0.2) is 0 Å². The van der Waals surface area contributed by atoms with E-state index in [9.17, 15) is 0 Å². The Morgan fingerprint density at radius 3 is 1.85 bits per heavy atom. The third kappa shape index (κ3) is 5.38. The predicted molar refractivity (Wildman–Crippen MR) is 264 cm³/mol. The Bertz CT molecular complexity index is 3640. The van der Waals surface area contributed by atoms with Crippen LogP contribution in [0.1, 0.15) is 37.3 Å². The maximum atomic E-state index is 2.50. The Morgan fingerprint density at radius 1 is 0.468 bits per heavy atom. The summed E-state index contributed by atoms with van der Waals surface area (Å²) in [5.41, 5.74) is 18.4. The zero-order chi connectivity index (χ0) is 41.5. The van der Waals surface area contributed by atoms with Gasteiger partial charge in [-0.05, 0) is 119 Å². The number of benzene rings is 9. The highest BCUT2D eigenvalue weighted by Gasteiger charge is 2.25. The largest absolute Gasteiger partial charge is 0.310 e. The topological polar surface area (TPSA) is 12.6 Å². The van der Waals surface area contributed by atoms with Gasteiger partial charge in [0.2, 0.25) is 0 Å². The van der Waals surface area contributed by atoms with Crippen LogP contribution in [0.5, 0.6) is 0 Å². The van der Waals surface area contributed by atoms with E-state index in [2.05, 4.69) is 235 Å². The summed E-state index contributed by atoms with van der Waals surface area (Å²) in [6.07, 6.45) is 1.09. The second kappa shape index (κ2) is 14.2. The molecule has 3 nitrogen and oxygen atoms in total. The van der Waals surface area contributed by atoms with Crippen LogP contribution in [0.4, 0.5) is 17.1 Å². The van der Waals surface area contributed by atoms with Crippen molar-refractivity contribution in [3.05, 3.63) is 211 Å². The molecule has 62 heavy (non-hydrogen) atoms. The van der Waals surface area contributed by atoms with E-state index in [0.717, 1.165) is 29.2 Å². The van der Waals surface area contributed by atoms with Gasteiger partial charge in [-0.2, -0.15) is 0 Å². The third-order valence-electron chi connectivity index (χ3n) is 13.5. The molecule has 9 aromatic carbocycles. The summed E-state index contributed by atoms with van der Waals surface area (Å²) < 4.78 is 4.88. The molecule has 0 N–H and O–H groups in total. The van der Waals surface area contributed by atoms with Gasteiger partial charge in [-0.3, -0.25) is 0 Å². The molecule has 0 aliphatic rings. The summed E-state index contributed by atoms with van der Waals surface area (Å²) in [5.74, 6) is 0.450.